The number of hydrogen-bond donors (Lipinski definition) is 1. The zero-order valence-corrected chi connectivity index (χ0v) is 16.5. The summed E-state index contributed by atoms with van der Waals surface area (Å²) in [6, 6.07) is 15.6. The van der Waals surface area contributed by atoms with E-state index in [4.69, 9.17) is 0 Å². The molecule has 6 nitrogen and oxygen atoms in total. The minimum absolute atomic E-state index is 0.0314. The minimum atomic E-state index is -0.406. The Balaban J connectivity index is 1.46. The summed E-state index contributed by atoms with van der Waals surface area (Å²) in [6.45, 7) is 4.39. The second kappa shape index (κ2) is 7.52. The lowest BCUT2D eigenvalue weighted by molar-refractivity contribution is -0.122. The van der Waals surface area contributed by atoms with Gasteiger partial charge in [0.25, 0.3) is 0 Å². The fraction of sp³-hybridized carbons (Fsp3) is 0.238. The van der Waals surface area contributed by atoms with Crippen LogP contribution in [0.3, 0.4) is 0 Å². The number of nitrogens with zero attached hydrogens (tertiary/aromatic N) is 3. The van der Waals surface area contributed by atoms with Crippen LogP contribution in [0.2, 0.25) is 0 Å². The van der Waals surface area contributed by atoms with Crippen molar-refractivity contribution in [2.45, 2.75) is 20.3 Å². The molecule has 4 rings (SSSR count). The first-order chi connectivity index (χ1) is 13.5. The second-order valence-electron chi connectivity index (χ2n) is 6.89. The van der Waals surface area contributed by atoms with Gasteiger partial charge in [-0.2, -0.15) is 0 Å². The Hall–Kier alpha value is -3.06. The van der Waals surface area contributed by atoms with Gasteiger partial charge in [0.15, 0.2) is 0 Å². The molecule has 142 valence electrons. The molecule has 1 N–H and O–H groups in total. The van der Waals surface area contributed by atoms with Gasteiger partial charge in [0, 0.05) is 24.2 Å². The molecule has 1 saturated heterocycles. The van der Waals surface area contributed by atoms with Crippen LogP contribution in [0.4, 0.5) is 10.8 Å². The Morgan fingerprint density at radius 1 is 1.11 bits per heavy atom. The van der Waals surface area contributed by atoms with Crippen LogP contribution < -0.4 is 10.2 Å². The van der Waals surface area contributed by atoms with E-state index in [0.717, 1.165) is 27.4 Å². The summed E-state index contributed by atoms with van der Waals surface area (Å²) >= 11 is 1.32. The fourth-order valence-corrected chi connectivity index (χ4v) is 4.07. The van der Waals surface area contributed by atoms with Crippen LogP contribution in [-0.2, 0) is 9.59 Å². The lowest BCUT2D eigenvalue weighted by Crippen LogP contribution is -2.28. The smallest absolute Gasteiger partial charge is 0.231 e. The number of aryl methyl sites for hydroxylation is 1. The van der Waals surface area contributed by atoms with Crippen molar-refractivity contribution in [3.05, 3.63) is 59.7 Å². The van der Waals surface area contributed by atoms with E-state index in [1.54, 1.807) is 4.90 Å². The van der Waals surface area contributed by atoms with Crippen LogP contribution in [-0.4, -0.2) is 28.6 Å². The number of amides is 2. The molecule has 1 atom stereocenters. The molecule has 0 spiro atoms. The zero-order chi connectivity index (χ0) is 19.7. The molecule has 3 aromatic rings. The predicted molar refractivity (Wildman–Crippen MR) is 110 cm³/mol. The topological polar surface area (TPSA) is 75.2 Å². The van der Waals surface area contributed by atoms with E-state index < -0.39 is 5.92 Å². The molecular formula is C21H20N4O2S. The monoisotopic (exact) mass is 392 g/mol. The standard InChI is InChI=1S/C21H20N4O2S/c1-13-7-6-10-17(14(13)2)25-12-16(11-18(25)26)19(27)22-21-24-23-20(28-21)15-8-4-3-5-9-15/h3-10,16H,11-12H2,1-2H3,(H,22,24,27). The number of rotatable bonds is 4. The van der Waals surface area contributed by atoms with Gasteiger partial charge >= 0.3 is 0 Å². The molecule has 1 aliphatic rings. The van der Waals surface area contributed by atoms with Crippen LogP contribution in [0.15, 0.2) is 48.5 Å². The molecule has 0 radical (unpaired) electrons. The van der Waals surface area contributed by atoms with Gasteiger partial charge in [-0.25, -0.2) is 0 Å². The Morgan fingerprint density at radius 2 is 1.89 bits per heavy atom. The Kier molecular flexibility index (Phi) is 4.92. The quantitative estimate of drug-likeness (QED) is 0.733. The molecular weight excluding hydrogens is 372 g/mol. The summed E-state index contributed by atoms with van der Waals surface area (Å²) < 4.78 is 0. The highest BCUT2D eigenvalue weighted by Crippen LogP contribution is 2.31. The molecule has 7 heteroatoms. The number of nitrogens with one attached hydrogen (secondary N) is 1. The molecule has 1 aliphatic heterocycles. The van der Waals surface area contributed by atoms with Gasteiger partial charge in [0.05, 0.1) is 5.92 Å². The molecule has 0 bridgehead atoms. The number of hydrogen-bond acceptors (Lipinski definition) is 5. The average molecular weight is 392 g/mol. The number of carbonyl (C=O) groups is 2. The summed E-state index contributed by atoms with van der Waals surface area (Å²) in [6.07, 6.45) is 0.198. The SMILES string of the molecule is Cc1cccc(N2CC(C(=O)Nc3nnc(-c4ccccc4)s3)CC2=O)c1C. The molecule has 0 aliphatic carbocycles. The summed E-state index contributed by atoms with van der Waals surface area (Å²) in [7, 11) is 0. The van der Waals surface area contributed by atoms with E-state index in [-0.39, 0.29) is 18.2 Å². The summed E-state index contributed by atoms with van der Waals surface area (Å²) in [5, 5.41) is 12.2. The molecule has 2 amide bonds. The van der Waals surface area contributed by atoms with E-state index in [9.17, 15) is 9.59 Å². The van der Waals surface area contributed by atoms with Crippen molar-refractivity contribution < 1.29 is 9.59 Å². The number of carbonyl (C=O) groups excluding carboxylic acids is 2. The molecule has 1 fully saturated rings. The van der Waals surface area contributed by atoms with Gasteiger partial charge in [-0.15, -0.1) is 10.2 Å². The largest absolute Gasteiger partial charge is 0.311 e. The third-order valence-corrected chi connectivity index (χ3v) is 5.93. The third-order valence-electron chi connectivity index (χ3n) is 5.04. The highest BCUT2D eigenvalue weighted by atomic mass is 32.1. The number of aromatic nitrogens is 2. The Labute approximate surface area is 167 Å². The molecule has 2 heterocycles. The maximum absolute atomic E-state index is 12.7. The van der Waals surface area contributed by atoms with Crippen molar-refractivity contribution in [2.75, 3.05) is 16.8 Å². The lowest BCUT2D eigenvalue weighted by Gasteiger charge is -2.20. The number of anilines is 2. The van der Waals surface area contributed by atoms with Crippen molar-refractivity contribution in [3.63, 3.8) is 0 Å². The first-order valence-electron chi connectivity index (χ1n) is 9.09. The van der Waals surface area contributed by atoms with Crippen LogP contribution >= 0.6 is 11.3 Å². The summed E-state index contributed by atoms with van der Waals surface area (Å²) in [4.78, 5) is 26.9. The lowest BCUT2D eigenvalue weighted by atomic mass is 10.1. The van der Waals surface area contributed by atoms with Gasteiger partial charge in [-0.05, 0) is 31.0 Å². The van der Waals surface area contributed by atoms with Crippen molar-refractivity contribution in [1.29, 1.82) is 0 Å². The summed E-state index contributed by atoms with van der Waals surface area (Å²) in [5.74, 6) is -0.635. The van der Waals surface area contributed by atoms with E-state index in [0.29, 0.717) is 11.7 Å². The normalized spacial score (nSPS) is 16.4. The van der Waals surface area contributed by atoms with Crippen molar-refractivity contribution in [1.82, 2.24) is 10.2 Å². The highest BCUT2D eigenvalue weighted by molar-refractivity contribution is 7.18. The van der Waals surface area contributed by atoms with Crippen LogP contribution in [0.1, 0.15) is 17.5 Å². The number of benzene rings is 2. The minimum Gasteiger partial charge on any atom is -0.311 e. The van der Waals surface area contributed by atoms with Gasteiger partial charge in [0.1, 0.15) is 5.01 Å². The van der Waals surface area contributed by atoms with E-state index in [1.807, 2.05) is 62.4 Å². The van der Waals surface area contributed by atoms with Crippen LogP contribution in [0, 0.1) is 19.8 Å². The maximum Gasteiger partial charge on any atom is 0.231 e. The summed E-state index contributed by atoms with van der Waals surface area (Å²) in [5.41, 5.74) is 4.02. The maximum atomic E-state index is 12.7. The van der Waals surface area contributed by atoms with Gasteiger partial charge in [0.2, 0.25) is 16.9 Å². The molecule has 1 unspecified atom stereocenters. The van der Waals surface area contributed by atoms with Crippen molar-refractivity contribution in [2.24, 2.45) is 5.92 Å². The Bertz CT molecular complexity index is 1030. The van der Waals surface area contributed by atoms with E-state index in [1.165, 1.54) is 11.3 Å². The van der Waals surface area contributed by atoms with Crippen LogP contribution in [0.25, 0.3) is 10.6 Å². The molecule has 0 saturated carbocycles. The first-order valence-corrected chi connectivity index (χ1v) is 9.91. The van der Waals surface area contributed by atoms with Crippen LogP contribution in [0.5, 0.6) is 0 Å². The van der Waals surface area contributed by atoms with Gasteiger partial charge in [-0.1, -0.05) is 53.8 Å². The van der Waals surface area contributed by atoms with E-state index in [2.05, 4.69) is 15.5 Å². The van der Waals surface area contributed by atoms with Crippen molar-refractivity contribution >= 4 is 34.0 Å². The fourth-order valence-electron chi connectivity index (χ4n) is 3.32. The van der Waals surface area contributed by atoms with Gasteiger partial charge < -0.3 is 10.2 Å². The molecule has 1 aromatic heterocycles. The zero-order valence-electron chi connectivity index (χ0n) is 15.7. The molecule has 28 heavy (non-hydrogen) atoms. The van der Waals surface area contributed by atoms with Gasteiger partial charge in [-0.3, -0.25) is 9.59 Å². The second-order valence-corrected chi connectivity index (χ2v) is 7.87. The average Bonchev–Trinajstić information content (AvgIpc) is 3.32. The predicted octanol–water partition coefficient (Wildman–Crippen LogP) is 3.81. The molecule has 2 aromatic carbocycles. The highest BCUT2D eigenvalue weighted by Gasteiger charge is 2.36. The van der Waals surface area contributed by atoms with Crippen molar-refractivity contribution in [3.8, 4) is 10.6 Å². The Morgan fingerprint density at radius 3 is 2.68 bits per heavy atom. The van der Waals surface area contributed by atoms with E-state index >= 15 is 0 Å². The first kappa shape index (κ1) is 18.3. The third kappa shape index (κ3) is 3.53.